The van der Waals surface area contributed by atoms with Crippen molar-refractivity contribution in [2.75, 3.05) is 0 Å². The molecule has 1 spiro atoms. The maximum absolute atomic E-state index is 6.59. The van der Waals surface area contributed by atoms with Crippen molar-refractivity contribution in [1.29, 1.82) is 0 Å². The minimum Gasteiger partial charge on any atom is -0.457 e. The van der Waals surface area contributed by atoms with Crippen LogP contribution in [0, 0.1) is 5.92 Å². The van der Waals surface area contributed by atoms with Gasteiger partial charge in [-0.05, 0) is 40.5 Å². The third kappa shape index (κ3) is 3.82. The van der Waals surface area contributed by atoms with Crippen LogP contribution >= 0.6 is 0 Å². The lowest BCUT2D eigenvalue weighted by Crippen LogP contribution is -2.38. The molecule has 10 rings (SSSR count). The fraction of sp³-hybridized carbons (Fsp3) is 0.0667. The highest BCUT2D eigenvalue weighted by molar-refractivity contribution is 5.94. The van der Waals surface area contributed by atoms with Crippen LogP contribution in [0.5, 0.6) is 11.5 Å². The molecule has 3 nitrogen and oxygen atoms in total. The summed E-state index contributed by atoms with van der Waals surface area (Å²) in [4.78, 5) is 10.1. The van der Waals surface area contributed by atoms with Crippen molar-refractivity contribution in [3.63, 3.8) is 0 Å². The van der Waals surface area contributed by atoms with Gasteiger partial charge in [-0.15, -0.1) is 0 Å². The Balaban J connectivity index is 1.18. The van der Waals surface area contributed by atoms with E-state index in [-0.39, 0.29) is 11.8 Å². The molecule has 1 aliphatic heterocycles. The largest absolute Gasteiger partial charge is 0.457 e. The van der Waals surface area contributed by atoms with Crippen molar-refractivity contribution >= 4 is 10.9 Å². The summed E-state index contributed by atoms with van der Waals surface area (Å²) < 4.78 is 6.59. The van der Waals surface area contributed by atoms with E-state index in [1.165, 1.54) is 33.4 Å². The van der Waals surface area contributed by atoms with E-state index in [1.807, 2.05) is 24.3 Å². The molecule has 0 radical (unpaired) electrons. The molecule has 0 saturated carbocycles. The molecule has 0 bridgehead atoms. The van der Waals surface area contributed by atoms with Gasteiger partial charge in [0.15, 0.2) is 5.82 Å². The molecule has 0 N–H and O–H groups in total. The van der Waals surface area contributed by atoms with Gasteiger partial charge in [0.1, 0.15) is 11.5 Å². The summed E-state index contributed by atoms with van der Waals surface area (Å²) in [6.45, 7) is 0. The predicted molar refractivity (Wildman–Crippen MR) is 193 cm³/mol. The number of rotatable bonds is 3. The number of aromatic nitrogens is 2. The van der Waals surface area contributed by atoms with Crippen LogP contribution in [-0.4, -0.2) is 9.97 Å². The second-order valence-electron chi connectivity index (χ2n) is 12.8. The Morgan fingerprint density at radius 2 is 1.19 bits per heavy atom. The standard InChI is InChI=1S/C45H30N2O/c1-2-13-31(14-3-1)44-46-39-22-9-5-16-35(39)43(47-44)30-27-25-29(26-28-30)32-17-12-18-34-33-15-4-6-19-36(33)45(42(32)34)37-20-7-10-23-40(37)48-41-24-11-8-21-38(41)45/h1-28,33,36H. The highest BCUT2D eigenvalue weighted by Crippen LogP contribution is 2.66. The Hall–Kier alpha value is -6.06. The van der Waals surface area contributed by atoms with Crippen LogP contribution in [0.2, 0.25) is 0 Å². The van der Waals surface area contributed by atoms with Crippen LogP contribution in [-0.2, 0) is 5.41 Å². The Bertz CT molecular complexity index is 2400. The first-order valence-corrected chi connectivity index (χ1v) is 16.6. The molecule has 226 valence electrons. The number of nitrogens with zero attached hydrogens (tertiary/aromatic N) is 2. The summed E-state index contributed by atoms with van der Waals surface area (Å²) in [6.07, 6.45) is 9.23. The third-order valence-corrected chi connectivity index (χ3v) is 10.4. The van der Waals surface area contributed by atoms with Gasteiger partial charge in [0.05, 0.1) is 16.6 Å². The minimum atomic E-state index is -0.407. The summed E-state index contributed by atoms with van der Waals surface area (Å²) in [5, 5.41) is 1.04. The van der Waals surface area contributed by atoms with E-state index in [0.29, 0.717) is 0 Å². The van der Waals surface area contributed by atoms with Crippen LogP contribution in [0.25, 0.3) is 44.7 Å². The normalized spacial score (nSPS) is 17.8. The number of fused-ring (bicyclic) bond motifs is 10. The molecule has 48 heavy (non-hydrogen) atoms. The molecule has 1 aromatic heterocycles. The highest BCUT2D eigenvalue weighted by atomic mass is 16.5. The topological polar surface area (TPSA) is 35.0 Å². The number of hydrogen-bond donors (Lipinski definition) is 0. The molecule has 7 aromatic rings. The van der Waals surface area contributed by atoms with E-state index >= 15 is 0 Å². The molecule has 2 unspecified atom stereocenters. The van der Waals surface area contributed by atoms with Crippen molar-refractivity contribution in [2.24, 2.45) is 5.92 Å². The van der Waals surface area contributed by atoms with Gasteiger partial charge in [-0.2, -0.15) is 0 Å². The van der Waals surface area contributed by atoms with E-state index in [0.717, 1.165) is 45.0 Å². The fourth-order valence-corrected chi connectivity index (χ4v) is 8.49. The summed E-state index contributed by atoms with van der Waals surface area (Å²) in [6, 6.07) is 51.6. The summed E-state index contributed by atoms with van der Waals surface area (Å²) >= 11 is 0. The summed E-state index contributed by atoms with van der Waals surface area (Å²) in [5.74, 6) is 3.07. The fourth-order valence-electron chi connectivity index (χ4n) is 8.49. The van der Waals surface area contributed by atoms with E-state index in [4.69, 9.17) is 14.7 Å². The smallest absolute Gasteiger partial charge is 0.160 e. The third-order valence-electron chi connectivity index (χ3n) is 10.4. The monoisotopic (exact) mass is 614 g/mol. The number of allylic oxidation sites excluding steroid dienone is 4. The average molecular weight is 615 g/mol. The van der Waals surface area contributed by atoms with Crippen molar-refractivity contribution in [3.05, 3.63) is 192 Å². The molecule has 2 aliphatic carbocycles. The molecular formula is C45H30N2O. The number of hydrogen-bond acceptors (Lipinski definition) is 3. The van der Waals surface area contributed by atoms with Crippen molar-refractivity contribution in [2.45, 2.75) is 11.3 Å². The van der Waals surface area contributed by atoms with Gasteiger partial charge in [0.25, 0.3) is 0 Å². The van der Waals surface area contributed by atoms with Gasteiger partial charge in [0, 0.05) is 39.5 Å². The lowest BCUT2D eigenvalue weighted by atomic mass is 9.61. The first-order valence-electron chi connectivity index (χ1n) is 16.6. The second kappa shape index (κ2) is 10.5. The molecule has 2 heterocycles. The van der Waals surface area contributed by atoms with Gasteiger partial charge < -0.3 is 4.74 Å². The second-order valence-corrected chi connectivity index (χ2v) is 12.8. The molecule has 3 heteroatoms. The summed E-state index contributed by atoms with van der Waals surface area (Å²) in [5.41, 5.74) is 11.2. The quantitative estimate of drug-likeness (QED) is 0.199. The highest BCUT2D eigenvalue weighted by Gasteiger charge is 2.57. The molecule has 0 amide bonds. The maximum atomic E-state index is 6.59. The van der Waals surface area contributed by atoms with Crippen molar-refractivity contribution < 1.29 is 4.74 Å². The van der Waals surface area contributed by atoms with Crippen LogP contribution in [0.1, 0.15) is 28.2 Å². The Kier molecular flexibility index (Phi) is 5.91. The van der Waals surface area contributed by atoms with E-state index in [1.54, 1.807) is 0 Å². The van der Waals surface area contributed by atoms with Crippen molar-refractivity contribution in [1.82, 2.24) is 9.97 Å². The molecule has 0 saturated heterocycles. The molecule has 0 fully saturated rings. The molecule has 2 atom stereocenters. The zero-order valence-corrected chi connectivity index (χ0v) is 26.1. The number of benzene rings is 6. The molecule has 3 aliphatic rings. The Labute approximate surface area is 279 Å². The van der Waals surface area contributed by atoms with Gasteiger partial charge in [0.2, 0.25) is 0 Å². The van der Waals surface area contributed by atoms with Gasteiger partial charge >= 0.3 is 0 Å². The van der Waals surface area contributed by atoms with Gasteiger partial charge in [-0.25, -0.2) is 9.97 Å². The SMILES string of the molecule is C1=CC2c3cccc(-c4ccc(-c5nc(-c6ccccc6)nc6ccccc56)cc4)c3C3(c4ccccc4Oc4ccccc43)C2C=C1. The zero-order valence-electron chi connectivity index (χ0n) is 26.1. The van der Waals surface area contributed by atoms with Crippen molar-refractivity contribution in [3.8, 4) is 45.3 Å². The predicted octanol–water partition coefficient (Wildman–Crippen LogP) is 10.9. The average Bonchev–Trinajstić information content (AvgIpc) is 3.46. The van der Waals surface area contributed by atoms with E-state index in [2.05, 4.69) is 146 Å². The lowest BCUT2D eigenvalue weighted by Gasteiger charge is -2.43. The maximum Gasteiger partial charge on any atom is 0.160 e. The van der Waals surface area contributed by atoms with E-state index < -0.39 is 5.41 Å². The van der Waals surface area contributed by atoms with Crippen LogP contribution < -0.4 is 4.74 Å². The van der Waals surface area contributed by atoms with E-state index in [9.17, 15) is 0 Å². The van der Waals surface area contributed by atoms with Gasteiger partial charge in [-0.3, -0.25) is 0 Å². The number of ether oxygens (including phenoxy) is 1. The zero-order chi connectivity index (χ0) is 31.7. The van der Waals surface area contributed by atoms with Gasteiger partial charge in [-0.1, -0.05) is 152 Å². The first kappa shape index (κ1) is 27.1. The molecular weight excluding hydrogens is 585 g/mol. The summed E-state index contributed by atoms with van der Waals surface area (Å²) in [7, 11) is 0. The van der Waals surface area contributed by atoms with Crippen LogP contribution in [0.3, 0.4) is 0 Å². The number of para-hydroxylation sites is 3. The first-order chi connectivity index (χ1) is 23.8. The Morgan fingerprint density at radius 1 is 0.521 bits per heavy atom. The minimum absolute atomic E-state index is 0.216. The van der Waals surface area contributed by atoms with Crippen LogP contribution in [0.15, 0.2) is 170 Å². The van der Waals surface area contributed by atoms with Crippen LogP contribution in [0.4, 0.5) is 0 Å². The molecule has 6 aromatic carbocycles. The lowest BCUT2D eigenvalue weighted by molar-refractivity contribution is 0.374. The Morgan fingerprint density at radius 3 is 1.98 bits per heavy atom.